The van der Waals surface area contributed by atoms with Crippen LogP contribution in [0, 0.1) is 0 Å². The average Bonchev–Trinajstić information content (AvgIpc) is 2.92. The predicted octanol–water partition coefficient (Wildman–Crippen LogP) is -0.0104. The van der Waals surface area contributed by atoms with Crippen LogP contribution in [0.1, 0.15) is 5.56 Å². The van der Waals surface area contributed by atoms with E-state index >= 15 is 0 Å². The van der Waals surface area contributed by atoms with E-state index in [2.05, 4.69) is 31.5 Å². The Morgan fingerprint density at radius 3 is 2.70 bits per heavy atom. The lowest BCUT2D eigenvalue weighted by Crippen LogP contribution is -2.33. The number of aromatic amines is 1. The van der Waals surface area contributed by atoms with E-state index < -0.39 is 23.2 Å². The number of carbonyl (C=O) groups is 3. The minimum Gasteiger partial charge on any atom is -0.329 e. The SMILES string of the molecule is O=C(Cn1cc(Br)c(=O)[nH]c1=O)Nc1cccc(CN2C(=O)CNC2=O)c1. The maximum absolute atomic E-state index is 12.2. The fourth-order valence-corrected chi connectivity index (χ4v) is 2.85. The van der Waals surface area contributed by atoms with Crippen LogP contribution in [0.15, 0.2) is 44.5 Å². The summed E-state index contributed by atoms with van der Waals surface area (Å²) < 4.78 is 1.18. The van der Waals surface area contributed by atoms with Crippen LogP contribution in [0.2, 0.25) is 0 Å². The van der Waals surface area contributed by atoms with Gasteiger partial charge in [0.2, 0.25) is 11.8 Å². The number of H-pyrrole nitrogens is 1. The summed E-state index contributed by atoms with van der Waals surface area (Å²) in [5.74, 6) is -0.805. The lowest BCUT2D eigenvalue weighted by atomic mass is 10.2. The molecule has 0 aliphatic carbocycles. The Kier molecular flexibility index (Phi) is 5.21. The summed E-state index contributed by atoms with van der Waals surface area (Å²) in [5, 5.41) is 5.06. The predicted molar refractivity (Wildman–Crippen MR) is 98.0 cm³/mol. The Morgan fingerprint density at radius 2 is 2.00 bits per heavy atom. The van der Waals surface area contributed by atoms with Crippen molar-refractivity contribution in [1.82, 2.24) is 19.8 Å². The number of rotatable bonds is 5. The van der Waals surface area contributed by atoms with Gasteiger partial charge in [-0.2, -0.15) is 0 Å². The maximum Gasteiger partial charge on any atom is 0.328 e. The number of urea groups is 1. The number of amides is 4. The van der Waals surface area contributed by atoms with Gasteiger partial charge < -0.3 is 10.6 Å². The van der Waals surface area contributed by atoms with Crippen molar-refractivity contribution >= 4 is 39.5 Å². The lowest BCUT2D eigenvalue weighted by Gasteiger charge is -2.13. The first-order valence-corrected chi connectivity index (χ1v) is 8.59. The number of nitrogens with zero attached hydrogens (tertiary/aromatic N) is 2. The van der Waals surface area contributed by atoms with E-state index in [0.29, 0.717) is 11.3 Å². The van der Waals surface area contributed by atoms with Crippen LogP contribution in [0.25, 0.3) is 0 Å². The van der Waals surface area contributed by atoms with E-state index in [0.717, 1.165) is 9.47 Å². The van der Waals surface area contributed by atoms with Crippen LogP contribution in [0.5, 0.6) is 0 Å². The molecule has 11 heteroatoms. The minimum atomic E-state index is -0.703. The zero-order valence-electron chi connectivity index (χ0n) is 13.8. The topological polar surface area (TPSA) is 133 Å². The van der Waals surface area contributed by atoms with Gasteiger partial charge in [-0.1, -0.05) is 12.1 Å². The first-order valence-electron chi connectivity index (χ1n) is 7.80. The molecule has 1 fully saturated rings. The van der Waals surface area contributed by atoms with Gasteiger partial charge in [-0.05, 0) is 33.6 Å². The van der Waals surface area contributed by atoms with Gasteiger partial charge in [0.1, 0.15) is 6.54 Å². The van der Waals surface area contributed by atoms with Crippen LogP contribution in [0.4, 0.5) is 10.5 Å². The van der Waals surface area contributed by atoms with E-state index in [9.17, 15) is 24.0 Å². The number of imide groups is 1. The molecular formula is C16H14BrN5O5. The summed E-state index contributed by atoms with van der Waals surface area (Å²) in [5.41, 5.74) is -0.182. The van der Waals surface area contributed by atoms with Gasteiger partial charge in [0.05, 0.1) is 17.6 Å². The van der Waals surface area contributed by atoms with Crippen molar-refractivity contribution in [1.29, 1.82) is 0 Å². The molecule has 2 heterocycles. The Hall–Kier alpha value is -3.21. The molecule has 27 heavy (non-hydrogen) atoms. The Bertz CT molecular complexity index is 1030. The Balaban J connectivity index is 1.69. The molecule has 0 radical (unpaired) electrons. The van der Waals surface area contributed by atoms with Crippen molar-refractivity contribution in [2.75, 3.05) is 11.9 Å². The zero-order chi connectivity index (χ0) is 19.6. The summed E-state index contributed by atoms with van der Waals surface area (Å²) in [6, 6.07) is 6.20. The number of carbonyl (C=O) groups excluding carboxylic acids is 3. The summed E-state index contributed by atoms with van der Waals surface area (Å²) in [4.78, 5) is 61.6. The van der Waals surface area contributed by atoms with Crippen LogP contribution >= 0.6 is 15.9 Å². The third kappa shape index (κ3) is 4.31. The van der Waals surface area contributed by atoms with E-state index in [1.807, 2.05) is 0 Å². The van der Waals surface area contributed by atoms with Crippen molar-refractivity contribution in [3.05, 3.63) is 61.3 Å². The summed E-state index contributed by atoms with van der Waals surface area (Å²) in [7, 11) is 0. The normalized spacial score (nSPS) is 13.6. The third-order valence-corrected chi connectivity index (χ3v) is 4.33. The fourth-order valence-electron chi connectivity index (χ4n) is 2.50. The van der Waals surface area contributed by atoms with E-state index in [-0.39, 0.29) is 30.0 Å². The molecule has 0 atom stereocenters. The molecule has 1 aliphatic rings. The van der Waals surface area contributed by atoms with Crippen LogP contribution in [-0.2, 0) is 22.7 Å². The standard InChI is InChI=1S/C16H14BrN5O5/c17-11-7-21(16(27)20-14(11)25)8-12(23)19-10-3-1-2-9(4-10)6-22-13(24)5-18-15(22)26/h1-4,7H,5-6,8H2,(H,18,26)(H,19,23)(H,20,25,27). The van der Waals surface area contributed by atoms with Crippen LogP contribution < -0.4 is 21.9 Å². The summed E-state index contributed by atoms with van der Waals surface area (Å²) in [6.07, 6.45) is 1.23. The highest BCUT2D eigenvalue weighted by Crippen LogP contribution is 2.14. The first kappa shape index (κ1) is 18.6. The van der Waals surface area contributed by atoms with E-state index in [1.54, 1.807) is 24.3 Å². The molecule has 1 aliphatic heterocycles. The van der Waals surface area contributed by atoms with Crippen molar-refractivity contribution in [2.45, 2.75) is 13.1 Å². The second-order valence-electron chi connectivity index (χ2n) is 5.75. The molecule has 140 valence electrons. The van der Waals surface area contributed by atoms with E-state index in [1.165, 1.54) is 6.20 Å². The fraction of sp³-hybridized carbons (Fsp3) is 0.188. The number of anilines is 1. The monoisotopic (exact) mass is 435 g/mol. The molecule has 0 unspecified atom stereocenters. The van der Waals surface area contributed by atoms with Gasteiger partial charge in [0, 0.05) is 11.9 Å². The van der Waals surface area contributed by atoms with Crippen molar-refractivity contribution in [3.63, 3.8) is 0 Å². The Labute approximate surface area is 160 Å². The molecule has 2 aromatic rings. The van der Waals surface area contributed by atoms with E-state index in [4.69, 9.17) is 0 Å². The molecule has 4 amide bonds. The number of halogens is 1. The van der Waals surface area contributed by atoms with Crippen molar-refractivity contribution < 1.29 is 14.4 Å². The summed E-state index contributed by atoms with van der Waals surface area (Å²) in [6.45, 7) is -0.245. The zero-order valence-corrected chi connectivity index (χ0v) is 15.4. The second kappa shape index (κ2) is 7.58. The van der Waals surface area contributed by atoms with Gasteiger partial charge in [-0.25, -0.2) is 9.59 Å². The number of hydrogen-bond acceptors (Lipinski definition) is 5. The van der Waals surface area contributed by atoms with Crippen LogP contribution in [-0.4, -0.2) is 38.8 Å². The highest BCUT2D eigenvalue weighted by molar-refractivity contribution is 9.10. The van der Waals surface area contributed by atoms with Gasteiger partial charge in [-0.15, -0.1) is 0 Å². The van der Waals surface area contributed by atoms with Gasteiger partial charge in [0.15, 0.2) is 0 Å². The quantitative estimate of drug-likeness (QED) is 0.567. The highest BCUT2D eigenvalue weighted by Gasteiger charge is 2.28. The van der Waals surface area contributed by atoms with Gasteiger partial charge in [-0.3, -0.25) is 28.8 Å². The molecule has 0 spiro atoms. The van der Waals surface area contributed by atoms with Gasteiger partial charge >= 0.3 is 11.7 Å². The Morgan fingerprint density at radius 1 is 1.22 bits per heavy atom. The first-order chi connectivity index (χ1) is 12.8. The smallest absolute Gasteiger partial charge is 0.328 e. The molecule has 1 aromatic heterocycles. The molecule has 3 rings (SSSR count). The van der Waals surface area contributed by atoms with Crippen molar-refractivity contribution in [2.24, 2.45) is 0 Å². The number of aromatic nitrogens is 2. The number of hydrogen-bond donors (Lipinski definition) is 3. The maximum atomic E-state index is 12.2. The lowest BCUT2D eigenvalue weighted by molar-refractivity contribution is -0.125. The molecule has 0 saturated carbocycles. The molecule has 1 aromatic carbocycles. The second-order valence-corrected chi connectivity index (χ2v) is 6.61. The van der Waals surface area contributed by atoms with Gasteiger partial charge in [0.25, 0.3) is 5.56 Å². The largest absolute Gasteiger partial charge is 0.329 e. The highest BCUT2D eigenvalue weighted by atomic mass is 79.9. The average molecular weight is 436 g/mol. The molecule has 3 N–H and O–H groups in total. The number of benzene rings is 1. The molecule has 0 bridgehead atoms. The number of nitrogens with one attached hydrogen (secondary N) is 3. The minimum absolute atomic E-state index is 0.0290. The molecular weight excluding hydrogens is 422 g/mol. The molecule has 1 saturated heterocycles. The summed E-state index contributed by atoms with van der Waals surface area (Å²) >= 11 is 3.00. The third-order valence-electron chi connectivity index (χ3n) is 3.77. The van der Waals surface area contributed by atoms with Crippen molar-refractivity contribution in [3.8, 4) is 0 Å². The van der Waals surface area contributed by atoms with Crippen LogP contribution in [0.3, 0.4) is 0 Å². The molecule has 10 nitrogen and oxygen atoms in total.